The number of aromatic nitrogens is 3. The highest BCUT2D eigenvalue weighted by Gasteiger charge is 2.30. The molecule has 0 aliphatic rings. The van der Waals surface area contributed by atoms with Crippen LogP contribution < -0.4 is 5.69 Å². The highest BCUT2D eigenvalue weighted by molar-refractivity contribution is 5.68. The Bertz CT molecular complexity index is 778. The van der Waals surface area contributed by atoms with E-state index in [1.807, 2.05) is 0 Å². The fourth-order valence-corrected chi connectivity index (χ4v) is 2.07. The van der Waals surface area contributed by atoms with Crippen molar-refractivity contribution in [2.45, 2.75) is 26.6 Å². The van der Waals surface area contributed by atoms with Gasteiger partial charge in [-0.25, -0.2) is 14.0 Å². The van der Waals surface area contributed by atoms with Gasteiger partial charge in [-0.2, -0.15) is 18.3 Å². The van der Waals surface area contributed by atoms with Gasteiger partial charge in [0.2, 0.25) is 0 Å². The van der Waals surface area contributed by atoms with Crippen LogP contribution in [0.1, 0.15) is 18.3 Å². The number of hydrogen-bond acceptors (Lipinski definition) is 4. The molecule has 0 amide bonds. The van der Waals surface area contributed by atoms with Crippen molar-refractivity contribution < 1.29 is 22.7 Å². The van der Waals surface area contributed by atoms with E-state index in [9.17, 15) is 22.8 Å². The molecule has 0 fully saturated rings. The number of hydrogen-bond donors (Lipinski definition) is 0. The highest BCUT2D eigenvalue weighted by Crippen LogP contribution is 2.30. The highest BCUT2D eigenvalue weighted by atomic mass is 19.4. The van der Waals surface area contributed by atoms with E-state index in [-0.39, 0.29) is 18.1 Å². The van der Waals surface area contributed by atoms with Gasteiger partial charge in [0.1, 0.15) is 12.4 Å². The van der Waals surface area contributed by atoms with E-state index in [1.54, 1.807) is 6.92 Å². The lowest BCUT2D eigenvalue weighted by atomic mass is 10.2. The Hall–Kier alpha value is -2.58. The monoisotopic (exact) mass is 329 g/mol. The Balaban J connectivity index is 2.44. The molecular weight excluding hydrogens is 315 g/mol. The largest absolute Gasteiger partial charge is 0.465 e. The third-order valence-corrected chi connectivity index (χ3v) is 3.02. The van der Waals surface area contributed by atoms with Crippen molar-refractivity contribution in [3.8, 4) is 5.69 Å². The normalized spacial score (nSPS) is 11.5. The number of rotatable bonds is 4. The molecule has 2 rings (SSSR count). The van der Waals surface area contributed by atoms with Crippen LogP contribution in [0.4, 0.5) is 13.2 Å². The van der Waals surface area contributed by atoms with Gasteiger partial charge in [0.25, 0.3) is 0 Å². The van der Waals surface area contributed by atoms with Crippen molar-refractivity contribution in [3.05, 3.63) is 46.1 Å². The topological polar surface area (TPSA) is 66.1 Å². The van der Waals surface area contributed by atoms with E-state index < -0.39 is 29.9 Å². The summed E-state index contributed by atoms with van der Waals surface area (Å²) in [7, 11) is 0. The Kier molecular flexibility index (Phi) is 4.57. The molecule has 0 N–H and O–H groups in total. The number of carbonyl (C=O) groups excluding carboxylic acids is 1. The first-order chi connectivity index (χ1) is 10.7. The maximum Gasteiger partial charge on any atom is 0.416 e. The third-order valence-electron chi connectivity index (χ3n) is 3.02. The number of benzene rings is 1. The van der Waals surface area contributed by atoms with E-state index in [2.05, 4.69) is 5.10 Å². The average Bonchev–Trinajstić information content (AvgIpc) is 2.73. The van der Waals surface area contributed by atoms with Crippen molar-refractivity contribution in [2.75, 3.05) is 6.61 Å². The van der Waals surface area contributed by atoms with Crippen LogP contribution in [0.25, 0.3) is 5.69 Å². The third kappa shape index (κ3) is 3.61. The van der Waals surface area contributed by atoms with Gasteiger partial charge < -0.3 is 4.74 Å². The van der Waals surface area contributed by atoms with E-state index >= 15 is 0 Å². The Morgan fingerprint density at radius 2 is 2.04 bits per heavy atom. The SMILES string of the molecule is CCOC(=O)Cn1nc(C)n(-c2cccc(C(F)(F)F)c2)c1=O. The number of aryl methyl sites for hydroxylation is 1. The Morgan fingerprint density at radius 3 is 2.65 bits per heavy atom. The van der Waals surface area contributed by atoms with E-state index in [4.69, 9.17) is 4.74 Å². The maximum absolute atomic E-state index is 12.8. The van der Waals surface area contributed by atoms with Crippen LogP contribution in [0.3, 0.4) is 0 Å². The first-order valence-corrected chi connectivity index (χ1v) is 6.73. The van der Waals surface area contributed by atoms with Gasteiger partial charge in [-0.1, -0.05) is 6.07 Å². The molecule has 1 heterocycles. The molecule has 1 aromatic carbocycles. The molecular formula is C14H14F3N3O3. The molecule has 0 saturated carbocycles. The number of esters is 1. The Labute approximate surface area is 129 Å². The summed E-state index contributed by atoms with van der Waals surface area (Å²) < 4.78 is 44.9. The number of carbonyl (C=O) groups is 1. The van der Waals surface area contributed by atoms with Gasteiger partial charge in [-0.3, -0.25) is 4.79 Å². The van der Waals surface area contributed by atoms with Crippen molar-refractivity contribution in [1.82, 2.24) is 14.3 Å². The molecule has 0 atom stereocenters. The molecule has 0 aliphatic heterocycles. The summed E-state index contributed by atoms with van der Waals surface area (Å²) in [5.74, 6) is -0.484. The van der Waals surface area contributed by atoms with Gasteiger partial charge in [-0.15, -0.1) is 0 Å². The molecule has 2 aromatic rings. The second-order valence-electron chi connectivity index (χ2n) is 4.68. The summed E-state index contributed by atoms with van der Waals surface area (Å²) in [6.45, 7) is 2.83. The van der Waals surface area contributed by atoms with Gasteiger partial charge in [0.15, 0.2) is 0 Å². The number of halogens is 3. The molecule has 124 valence electrons. The molecule has 0 radical (unpaired) electrons. The molecule has 9 heteroatoms. The molecule has 1 aromatic heterocycles. The molecule has 23 heavy (non-hydrogen) atoms. The lowest BCUT2D eigenvalue weighted by Crippen LogP contribution is -2.28. The van der Waals surface area contributed by atoms with Crippen LogP contribution in [0.2, 0.25) is 0 Å². The predicted octanol–water partition coefficient (Wildman–Crippen LogP) is 1.92. The van der Waals surface area contributed by atoms with Crippen molar-refractivity contribution in [3.63, 3.8) is 0 Å². The lowest BCUT2D eigenvalue weighted by molar-refractivity contribution is -0.144. The van der Waals surface area contributed by atoms with Crippen LogP contribution in [-0.4, -0.2) is 26.9 Å². The summed E-state index contributed by atoms with van der Waals surface area (Å²) >= 11 is 0. The van der Waals surface area contributed by atoms with Gasteiger partial charge in [-0.05, 0) is 32.0 Å². The minimum absolute atomic E-state index is 0.0254. The first kappa shape index (κ1) is 16.8. The summed E-state index contributed by atoms with van der Waals surface area (Å²) in [6.07, 6.45) is -4.52. The van der Waals surface area contributed by atoms with Crippen LogP contribution in [0.5, 0.6) is 0 Å². The van der Waals surface area contributed by atoms with Gasteiger partial charge >= 0.3 is 17.8 Å². The number of nitrogens with zero attached hydrogens (tertiary/aromatic N) is 3. The minimum Gasteiger partial charge on any atom is -0.465 e. The molecule has 0 unspecified atom stereocenters. The zero-order valence-corrected chi connectivity index (χ0v) is 12.4. The van der Waals surface area contributed by atoms with Gasteiger partial charge in [0, 0.05) is 0 Å². The number of ether oxygens (including phenoxy) is 1. The average molecular weight is 329 g/mol. The summed E-state index contributed by atoms with van der Waals surface area (Å²) in [5, 5.41) is 3.89. The van der Waals surface area contributed by atoms with E-state index in [0.29, 0.717) is 0 Å². The molecule has 0 saturated heterocycles. The van der Waals surface area contributed by atoms with Crippen molar-refractivity contribution >= 4 is 5.97 Å². The quantitative estimate of drug-likeness (QED) is 0.804. The molecule has 0 aliphatic carbocycles. The minimum atomic E-state index is -4.52. The van der Waals surface area contributed by atoms with Crippen molar-refractivity contribution in [1.29, 1.82) is 0 Å². The van der Waals surface area contributed by atoms with E-state index in [1.165, 1.54) is 19.1 Å². The second kappa shape index (κ2) is 6.27. The lowest BCUT2D eigenvalue weighted by Gasteiger charge is -2.09. The first-order valence-electron chi connectivity index (χ1n) is 6.73. The molecule has 0 bridgehead atoms. The zero-order valence-electron chi connectivity index (χ0n) is 12.4. The second-order valence-corrected chi connectivity index (χ2v) is 4.68. The fourth-order valence-electron chi connectivity index (χ4n) is 2.07. The molecule has 0 spiro atoms. The summed E-state index contributed by atoms with van der Waals surface area (Å²) in [6, 6.07) is 4.32. The summed E-state index contributed by atoms with van der Waals surface area (Å²) in [4.78, 5) is 23.7. The summed E-state index contributed by atoms with van der Waals surface area (Å²) in [5.41, 5.74) is -1.56. The van der Waals surface area contributed by atoms with Crippen LogP contribution in [0, 0.1) is 6.92 Å². The maximum atomic E-state index is 12.8. The Morgan fingerprint density at radius 1 is 1.35 bits per heavy atom. The van der Waals surface area contributed by atoms with Crippen molar-refractivity contribution in [2.24, 2.45) is 0 Å². The zero-order chi connectivity index (χ0) is 17.2. The van der Waals surface area contributed by atoms with Crippen LogP contribution in [-0.2, 0) is 22.3 Å². The predicted molar refractivity (Wildman–Crippen MR) is 74.2 cm³/mol. The van der Waals surface area contributed by atoms with Crippen LogP contribution >= 0.6 is 0 Å². The van der Waals surface area contributed by atoms with Crippen LogP contribution in [0.15, 0.2) is 29.1 Å². The number of alkyl halides is 3. The smallest absolute Gasteiger partial charge is 0.416 e. The molecule has 6 nitrogen and oxygen atoms in total. The fraction of sp³-hybridized carbons (Fsp3) is 0.357. The van der Waals surface area contributed by atoms with E-state index in [0.717, 1.165) is 21.4 Å². The standard InChI is InChI=1S/C14H14F3N3O3/c1-3-23-12(21)8-19-13(22)20(9(2)18-19)11-6-4-5-10(7-11)14(15,16)17/h4-7H,3,8H2,1-2H3. The van der Waals surface area contributed by atoms with Gasteiger partial charge in [0.05, 0.1) is 17.9 Å².